The summed E-state index contributed by atoms with van der Waals surface area (Å²) in [7, 11) is -3.80. The number of amides is 2. The molecule has 1 heterocycles. The van der Waals surface area contributed by atoms with Crippen molar-refractivity contribution in [3.05, 3.63) is 33.0 Å². The van der Waals surface area contributed by atoms with Gasteiger partial charge in [-0.15, -0.1) is 0 Å². The number of carbonyl (C=O) groups is 1. The van der Waals surface area contributed by atoms with Crippen LogP contribution in [0.3, 0.4) is 0 Å². The minimum atomic E-state index is -3.80. The number of likely N-dealkylation sites (tertiary alicyclic amines) is 1. The summed E-state index contributed by atoms with van der Waals surface area (Å²) in [6, 6.07) is 1.57. The first-order valence-corrected chi connectivity index (χ1v) is 11.6. The van der Waals surface area contributed by atoms with Gasteiger partial charge in [0.15, 0.2) is 16.1 Å². The average molecular weight is 428 g/mol. The zero-order valence-corrected chi connectivity index (χ0v) is 20.5. The minimum absolute atomic E-state index is 0. The zero-order valence-electron chi connectivity index (χ0n) is 16.6. The summed E-state index contributed by atoms with van der Waals surface area (Å²) < 4.78 is 28.5. The minimum Gasteiger partial charge on any atom is -0.423 e. The summed E-state index contributed by atoms with van der Waals surface area (Å²) in [5.41, 5.74) is 5.86. The first-order chi connectivity index (χ1) is 13.0. The fraction of sp³-hybridized carbons (Fsp3) is 0.650. The van der Waals surface area contributed by atoms with E-state index in [0.717, 1.165) is 63.7 Å². The normalized spacial score (nSPS) is 21.9. The molecule has 3 aliphatic carbocycles. The Kier molecular flexibility index (Phi) is 6.04. The molecule has 1 aromatic carbocycles. The van der Waals surface area contributed by atoms with Crippen LogP contribution < -0.4 is 56.7 Å². The maximum atomic E-state index is 12.8. The second kappa shape index (κ2) is 7.94. The van der Waals surface area contributed by atoms with E-state index in [0.29, 0.717) is 19.4 Å². The molecule has 0 radical (unpaired) electrons. The van der Waals surface area contributed by atoms with Crippen molar-refractivity contribution < 1.29 is 64.6 Å². The Morgan fingerprint density at radius 2 is 1.64 bits per heavy atom. The summed E-state index contributed by atoms with van der Waals surface area (Å²) in [6.07, 6.45) is 8.51. The van der Waals surface area contributed by atoms with Crippen molar-refractivity contribution in [3.8, 4) is 0 Å². The second-order valence-corrected chi connectivity index (χ2v) is 10.5. The van der Waals surface area contributed by atoms with Gasteiger partial charge in [0, 0.05) is 6.54 Å². The van der Waals surface area contributed by atoms with Crippen molar-refractivity contribution in [1.29, 1.82) is 0 Å². The van der Waals surface area contributed by atoms with Gasteiger partial charge in [0.05, 0.1) is 4.75 Å². The first kappa shape index (κ1) is 21.3. The van der Waals surface area contributed by atoms with Gasteiger partial charge in [-0.05, 0) is 98.8 Å². The van der Waals surface area contributed by atoms with Gasteiger partial charge >= 0.3 is 51.4 Å². The Balaban J connectivity index is 0.00000192. The zero-order chi connectivity index (χ0) is 18.6. The van der Waals surface area contributed by atoms with Crippen LogP contribution in [0.2, 0.25) is 0 Å². The molecule has 6 nitrogen and oxygen atoms in total. The van der Waals surface area contributed by atoms with Crippen LogP contribution in [-0.2, 0) is 35.7 Å². The van der Waals surface area contributed by atoms with Crippen molar-refractivity contribution in [3.63, 3.8) is 0 Å². The van der Waals surface area contributed by atoms with E-state index in [1.807, 2.05) is 0 Å². The number of nitrogens with one attached hydrogen (secondary N) is 1. The van der Waals surface area contributed by atoms with E-state index in [2.05, 4.69) is 21.0 Å². The third-order valence-corrected chi connectivity index (χ3v) is 8.76. The summed E-state index contributed by atoms with van der Waals surface area (Å²) in [4.78, 5) is 14.7. The number of aryl methyl sites for hydroxylation is 2. The number of rotatable bonds is 5. The number of fused-ring (bicyclic) bond motifs is 2. The van der Waals surface area contributed by atoms with Gasteiger partial charge < -0.3 is 14.9 Å². The van der Waals surface area contributed by atoms with Crippen molar-refractivity contribution in [2.45, 2.75) is 62.5 Å². The third kappa shape index (κ3) is 3.74. The Morgan fingerprint density at radius 3 is 2.14 bits per heavy atom. The molecule has 1 N–H and O–H groups in total. The molecule has 0 aromatic heterocycles. The fourth-order valence-corrected chi connectivity index (χ4v) is 6.31. The Labute approximate surface area is 209 Å². The van der Waals surface area contributed by atoms with Gasteiger partial charge in [0.1, 0.15) is 0 Å². The smallest absolute Gasteiger partial charge is 0.423 e. The molecule has 0 bridgehead atoms. The SMILES string of the molecule is O=C([N-]S(=O)(=O)C1(CN2CCC2)CC1)Nc1c2c(cc3c1CCC3)CCC2.[K+]. The quantitative estimate of drug-likeness (QED) is 0.678. The summed E-state index contributed by atoms with van der Waals surface area (Å²) in [5.74, 6) is 0. The first-order valence-electron chi connectivity index (χ1n) is 10.1. The number of hydrogen-bond donors (Lipinski definition) is 1. The standard InChI is InChI=1S/C20H27N3O3S.K/c24-19(22-27(25,26)20(8-9-20)13-23-10-3-11-23)21-18-16-6-1-4-14(16)12-15-5-2-7-17(15)18;/h12H,1-11,13H2,(H2,21,22,24);/q;+1/p-1. The molecule has 5 rings (SSSR count). The topological polar surface area (TPSA) is 80.6 Å². The molecule has 1 aliphatic heterocycles. The number of carbonyl (C=O) groups excluding carboxylic acids is 1. The molecule has 1 aromatic rings. The van der Waals surface area contributed by atoms with E-state index < -0.39 is 20.8 Å². The molecule has 1 saturated carbocycles. The van der Waals surface area contributed by atoms with Crippen molar-refractivity contribution in [2.75, 3.05) is 25.0 Å². The van der Waals surface area contributed by atoms with Gasteiger partial charge in [-0.1, -0.05) is 6.07 Å². The Bertz CT molecular complexity index is 876. The molecule has 28 heavy (non-hydrogen) atoms. The number of hydrogen-bond acceptors (Lipinski definition) is 4. The van der Waals surface area contributed by atoms with Crippen LogP contribution >= 0.6 is 0 Å². The number of anilines is 1. The van der Waals surface area contributed by atoms with Crippen LogP contribution in [0, 0.1) is 0 Å². The monoisotopic (exact) mass is 427 g/mol. The Hall–Kier alpha value is 0.0364. The van der Waals surface area contributed by atoms with Crippen LogP contribution in [0.15, 0.2) is 6.07 Å². The molecule has 4 aliphatic rings. The average Bonchev–Trinajstić information content (AvgIpc) is 3.00. The summed E-state index contributed by atoms with van der Waals surface area (Å²) in [5, 5.41) is 2.88. The van der Waals surface area contributed by atoms with E-state index in [9.17, 15) is 13.2 Å². The van der Waals surface area contributed by atoms with Crippen LogP contribution in [0.5, 0.6) is 0 Å². The number of nitrogens with zero attached hydrogens (tertiary/aromatic N) is 2. The van der Waals surface area contributed by atoms with E-state index in [1.165, 1.54) is 22.3 Å². The van der Waals surface area contributed by atoms with Gasteiger partial charge in [-0.2, -0.15) is 0 Å². The van der Waals surface area contributed by atoms with E-state index in [-0.39, 0.29) is 51.4 Å². The van der Waals surface area contributed by atoms with E-state index in [4.69, 9.17) is 0 Å². The van der Waals surface area contributed by atoms with Gasteiger partial charge in [-0.3, -0.25) is 4.79 Å². The van der Waals surface area contributed by atoms with Crippen molar-refractivity contribution in [1.82, 2.24) is 4.90 Å². The molecule has 146 valence electrons. The van der Waals surface area contributed by atoms with Crippen LogP contribution in [0.25, 0.3) is 4.72 Å². The predicted molar refractivity (Wildman–Crippen MR) is 105 cm³/mol. The molecule has 0 unspecified atom stereocenters. The predicted octanol–water partition coefficient (Wildman–Crippen LogP) is 0.142. The summed E-state index contributed by atoms with van der Waals surface area (Å²) >= 11 is 0. The fourth-order valence-electron chi connectivity index (χ4n) is 4.89. The van der Waals surface area contributed by atoms with Crippen LogP contribution in [-0.4, -0.2) is 43.7 Å². The second-order valence-electron chi connectivity index (χ2n) is 8.54. The number of urea groups is 1. The Morgan fingerprint density at radius 1 is 1.04 bits per heavy atom. The molecule has 0 atom stereocenters. The molecule has 8 heteroatoms. The van der Waals surface area contributed by atoms with Crippen LogP contribution in [0.4, 0.5) is 10.5 Å². The largest absolute Gasteiger partial charge is 1.00 e. The maximum Gasteiger partial charge on any atom is 1.00 e. The van der Waals surface area contributed by atoms with E-state index in [1.54, 1.807) is 0 Å². The molecule has 1 saturated heterocycles. The number of benzene rings is 1. The van der Waals surface area contributed by atoms with Crippen LogP contribution in [0.1, 0.15) is 54.4 Å². The van der Waals surface area contributed by atoms with Crippen molar-refractivity contribution >= 4 is 21.7 Å². The molecular formula is C20H26KN3O3S. The van der Waals surface area contributed by atoms with Gasteiger partial charge in [0.2, 0.25) is 0 Å². The molecular weight excluding hydrogens is 401 g/mol. The van der Waals surface area contributed by atoms with E-state index >= 15 is 0 Å². The van der Waals surface area contributed by atoms with Crippen molar-refractivity contribution in [2.24, 2.45) is 0 Å². The summed E-state index contributed by atoms with van der Waals surface area (Å²) in [6.45, 7) is 2.42. The van der Waals surface area contributed by atoms with Gasteiger partial charge in [0.25, 0.3) is 0 Å². The molecule has 2 amide bonds. The van der Waals surface area contributed by atoms with Gasteiger partial charge in [-0.25, -0.2) is 8.42 Å². The number of sulfonamides is 1. The molecule has 0 spiro atoms. The third-order valence-electron chi connectivity index (χ3n) is 6.72. The maximum absolute atomic E-state index is 12.8. The molecule has 2 fully saturated rings.